The van der Waals surface area contributed by atoms with E-state index in [0.717, 1.165) is 10.0 Å². The van der Waals surface area contributed by atoms with Crippen LogP contribution in [0.5, 0.6) is 0 Å². The van der Waals surface area contributed by atoms with Crippen molar-refractivity contribution in [3.63, 3.8) is 0 Å². The second-order valence-corrected chi connectivity index (χ2v) is 5.99. The minimum absolute atomic E-state index is 0.0363. The summed E-state index contributed by atoms with van der Waals surface area (Å²) < 4.78 is 27.0. The minimum Gasteiger partial charge on any atom is -0.334 e. The van der Waals surface area contributed by atoms with E-state index in [0.29, 0.717) is 5.69 Å². The summed E-state index contributed by atoms with van der Waals surface area (Å²) in [4.78, 5) is 6.23. The number of imidazole rings is 1. The van der Waals surface area contributed by atoms with Crippen LogP contribution in [0, 0.1) is 6.92 Å². The number of hydrogen-bond donors (Lipinski definition) is 2. The van der Waals surface area contributed by atoms with Gasteiger partial charge in [-0.15, -0.1) is 0 Å². The minimum atomic E-state index is -3.59. The fourth-order valence-corrected chi connectivity index (χ4v) is 2.59. The Morgan fingerprint density at radius 1 is 1.41 bits per heavy atom. The Morgan fingerprint density at radius 2 is 2.18 bits per heavy atom. The molecule has 0 amide bonds. The van der Waals surface area contributed by atoms with Crippen molar-refractivity contribution in [2.75, 3.05) is 4.72 Å². The highest BCUT2D eigenvalue weighted by Crippen LogP contribution is 2.22. The summed E-state index contributed by atoms with van der Waals surface area (Å²) in [6.45, 7) is 1.93. The van der Waals surface area contributed by atoms with E-state index in [-0.39, 0.29) is 5.03 Å². The molecule has 1 aromatic carbocycles. The van der Waals surface area contributed by atoms with Gasteiger partial charge in [0.05, 0.1) is 18.2 Å². The molecule has 0 spiro atoms. The molecule has 2 aromatic rings. The summed E-state index contributed by atoms with van der Waals surface area (Å²) in [6, 6.07) is 5.24. The Labute approximate surface area is 107 Å². The van der Waals surface area contributed by atoms with Crippen molar-refractivity contribution in [2.24, 2.45) is 0 Å². The van der Waals surface area contributed by atoms with Gasteiger partial charge in [-0.25, -0.2) is 4.98 Å². The van der Waals surface area contributed by atoms with Crippen LogP contribution in [-0.4, -0.2) is 18.4 Å². The van der Waals surface area contributed by atoms with Gasteiger partial charge >= 0.3 is 0 Å². The third-order valence-electron chi connectivity index (χ3n) is 2.19. The van der Waals surface area contributed by atoms with Crippen LogP contribution in [-0.2, 0) is 10.0 Å². The normalized spacial score (nSPS) is 11.4. The van der Waals surface area contributed by atoms with Crippen molar-refractivity contribution >= 4 is 31.6 Å². The van der Waals surface area contributed by atoms with Crippen molar-refractivity contribution in [2.45, 2.75) is 11.9 Å². The largest absolute Gasteiger partial charge is 0.334 e. The van der Waals surface area contributed by atoms with Crippen molar-refractivity contribution in [1.82, 2.24) is 9.97 Å². The fourth-order valence-electron chi connectivity index (χ4n) is 1.26. The van der Waals surface area contributed by atoms with Gasteiger partial charge in [0, 0.05) is 4.47 Å². The predicted octanol–water partition coefficient (Wildman–Crippen LogP) is 2.28. The predicted molar refractivity (Wildman–Crippen MR) is 68.3 cm³/mol. The number of sulfonamides is 1. The lowest BCUT2D eigenvalue weighted by molar-refractivity contribution is 0.598. The number of anilines is 1. The van der Waals surface area contributed by atoms with Crippen LogP contribution < -0.4 is 4.72 Å². The average Bonchev–Trinajstić information content (AvgIpc) is 2.77. The van der Waals surface area contributed by atoms with E-state index in [4.69, 9.17) is 0 Å². The van der Waals surface area contributed by atoms with Gasteiger partial charge in [-0.2, -0.15) is 8.42 Å². The number of H-pyrrole nitrogens is 1. The first-order chi connectivity index (χ1) is 7.99. The molecule has 1 heterocycles. The van der Waals surface area contributed by atoms with E-state index in [1.807, 2.05) is 13.0 Å². The third-order valence-corrected chi connectivity index (χ3v) is 4.35. The van der Waals surface area contributed by atoms with E-state index in [1.54, 1.807) is 12.1 Å². The van der Waals surface area contributed by atoms with Crippen LogP contribution in [0.4, 0.5) is 5.69 Å². The van der Waals surface area contributed by atoms with Crippen molar-refractivity contribution in [3.05, 3.63) is 40.8 Å². The van der Waals surface area contributed by atoms with E-state index < -0.39 is 10.0 Å². The Bertz CT molecular complexity index is 623. The molecule has 17 heavy (non-hydrogen) atoms. The van der Waals surface area contributed by atoms with E-state index in [9.17, 15) is 8.42 Å². The molecule has 0 bridgehead atoms. The molecule has 0 aliphatic rings. The van der Waals surface area contributed by atoms with Gasteiger partial charge in [-0.1, -0.05) is 22.0 Å². The SMILES string of the molecule is Cc1ccc(NS(=O)(=O)c2cnc[nH]2)cc1Br. The number of aromatic amines is 1. The van der Waals surface area contributed by atoms with Crippen molar-refractivity contribution < 1.29 is 8.42 Å². The molecule has 0 radical (unpaired) electrons. The molecular weight excluding hydrogens is 306 g/mol. The first-order valence-electron chi connectivity index (χ1n) is 4.76. The van der Waals surface area contributed by atoms with Gasteiger partial charge in [0.2, 0.25) is 0 Å². The zero-order chi connectivity index (χ0) is 12.5. The number of benzene rings is 1. The Hall–Kier alpha value is -1.34. The zero-order valence-electron chi connectivity index (χ0n) is 8.94. The quantitative estimate of drug-likeness (QED) is 0.912. The van der Waals surface area contributed by atoms with Crippen LogP contribution >= 0.6 is 15.9 Å². The highest BCUT2D eigenvalue weighted by atomic mass is 79.9. The molecule has 0 saturated carbocycles. The van der Waals surface area contributed by atoms with Crippen molar-refractivity contribution in [3.8, 4) is 0 Å². The lowest BCUT2D eigenvalue weighted by Gasteiger charge is -2.07. The first-order valence-corrected chi connectivity index (χ1v) is 7.04. The van der Waals surface area contributed by atoms with Gasteiger partial charge < -0.3 is 4.98 Å². The Balaban J connectivity index is 2.30. The highest BCUT2D eigenvalue weighted by Gasteiger charge is 2.15. The van der Waals surface area contributed by atoms with Crippen LogP contribution in [0.1, 0.15) is 5.56 Å². The molecule has 2 N–H and O–H groups in total. The summed E-state index contributed by atoms with van der Waals surface area (Å²) in [5.74, 6) is 0. The van der Waals surface area contributed by atoms with E-state index in [2.05, 4.69) is 30.6 Å². The van der Waals surface area contributed by atoms with E-state index in [1.165, 1.54) is 12.5 Å². The van der Waals surface area contributed by atoms with Gasteiger partial charge in [0.15, 0.2) is 5.03 Å². The van der Waals surface area contributed by atoms with Gasteiger partial charge in [-0.05, 0) is 24.6 Å². The molecule has 0 aliphatic heterocycles. The number of nitrogens with one attached hydrogen (secondary N) is 2. The molecular formula is C10H10BrN3O2S. The van der Waals surface area contributed by atoms with Gasteiger partial charge in [0.25, 0.3) is 10.0 Å². The molecule has 0 aliphatic carbocycles. The number of hydrogen-bond acceptors (Lipinski definition) is 3. The molecule has 7 heteroatoms. The van der Waals surface area contributed by atoms with Crippen LogP contribution in [0.25, 0.3) is 0 Å². The maximum atomic E-state index is 11.9. The zero-order valence-corrected chi connectivity index (χ0v) is 11.3. The maximum absolute atomic E-state index is 11.9. The number of halogens is 1. The molecule has 0 unspecified atom stereocenters. The lowest BCUT2D eigenvalue weighted by atomic mass is 10.2. The molecule has 5 nitrogen and oxygen atoms in total. The lowest BCUT2D eigenvalue weighted by Crippen LogP contribution is -2.13. The van der Waals surface area contributed by atoms with Crippen LogP contribution in [0.2, 0.25) is 0 Å². The third kappa shape index (κ3) is 2.67. The Kier molecular flexibility index (Phi) is 3.21. The first kappa shape index (κ1) is 12.1. The molecule has 1 aromatic heterocycles. The molecule has 2 rings (SSSR count). The van der Waals surface area contributed by atoms with Gasteiger partial charge in [-0.3, -0.25) is 4.72 Å². The smallest absolute Gasteiger partial charge is 0.278 e. The van der Waals surface area contributed by atoms with Crippen molar-refractivity contribution in [1.29, 1.82) is 0 Å². The molecule has 90 valence electrons. The average molecular weight is 316 g/mol. The monoisotopic (exact) mass is 315 g/mol. The topological polar surface area (TPSA) is 74.8 Å². The van der Waals surface area contributed by atoms with E-state index >= 15 is 0 Å². The van der Waals surface area contributed by atoms with Crippen LogP contribution in [0.3, 0.4) is 0 Å². The summed E-state index contributed by atoms with van der Waals surface area (Å²) in [6.07, 6.45) is 2.57. The number of rotatable bonds is 3. The molecule has 0 saturated heterocycles. The second-order valence-electron chi connectivity index (χ2n) is 3.49. The number of aryl methyl sites for hydroxylation is 1. The highest BCUT2D eigenvalue weighted by molar-refractivity contribution is 9.10. The summed E-state index contributed by atoms with van der Waals surface area (Å²) in [5, 5.41) is 0.0363. The second kappa shape index (κ2) is 4.50. The summed E-state index contributed by atoms with van der Waals surface area (Å²) in [7, 11) is -3.59. The maximum Gasteiger partial charge on any atom is 0.278 e. The Morgan fingerprint density at radius 3 is 2.76 bits per heavy atom. The molecule has 0 fully saturated rings. The van der Waals surface area contributed by atoms with Crippen LogP contribution in [0.15, 0.2) is 40.2 Å². The standard InChI is InChI=1S/C10H10BrN3O2S/c1-7-2-3-8(4-9(7)11)14-17(15,16)10-5-12-6-13-10/h2-6,14H,1H3,(H,12,13). The number of aromatic nitrogens is 2. The molecule has 0 atom stereocenters. The number of nitrogens with zero attached hydrogens (tertiary/aromatic N) is 1. The summed E-state index contributed by atoms with van der Waals surface area (Å²) in [5.41, 5.74) is 1.53. The van der Waals surface area contributed by atoms with Gasteiger partial charge in [0.1, 0.15) is 0 Å². The summed E-state index contributed by atoms with van der Waals surface area (Å²) >= 11 is 3.35. The fraction of sp³-hybridized carbons (Fsp3) is 0.100.